The molecule has 0 saturated heterocycles. The minimum atomic E-state index is -0.884. The van der Waals surface area contributed by atoms with Crippen molar-refractivity contribution in [2.24, 2.45) is 29.6 Å². The van der Waals surface area contributed by atoms with Gasteiger partial charge in [0.15, 0.2) is 0 Å². The highest BCUT2D eigenvalue weighted by atomic mass is 16.5. The first-order valence-corrected chi connectivity index (χ1v) is 12.5. The first kappa shape index (κ1) is 19.6. The highest BCUT2D eigenvalue weighted by Crippen LogP contribution is 2.69. The smallest absolute Gasteiger partial charge is 0.335 e. The Kier molecular flexibility index (Phi) is 4.08. The molecule has 3 aromatic carbocycles. The molecule has 0 amide bonds. The van der Waals surface area contributed by atoms with E-state index in [9.17, 15) is 9.90 Å². The normalized spacial score (nSPS) is 33.5. The van der Waals surface area contributed by atoms with Gasteiger partial charge in [0, 0.05) is 5.56 Å². The molecule has 1 N–H and O–H groups in total. The number of carbonyl (C=O) groups is 1. The summed E-state index contributed by atoms with van der Waals surface area (Å²) >= 11 is 0. The largest absolute Gasteiger partial charge is 0.496 e. The second-order valence-electron chi connectivity index (χ2n) is 11.3. The van der Waals surface area contributed by atoms with E-state index in [4.69, 9.17) is 4.74 Å². The molecule has 0 spiro atoms. The number of aromatic carboxylic acids is 1. The van der Waals surface area contributed by atoms with Crippen molar-refractivity contribution < 1.29 is 14.6 Å². The van der Waals surface area contributed by atoms with Crippen LogP contribution in [0.15, 0.2) is 54.6 Å². The van der Waals surface area contributed by atoms with Crippen LogP contribution in [0.4, 0.5) is 0 Å². The van der Waals surface area contributed by atoms with Gasteiger partial charge in [-0.05, 0) is 126 Å². The van der Waals surface area contributed by atoms with Gasteiger partial charge in [-0.15, -0.1) is 0 Å². The lowest BCUT2D eigenvalue weighted by Gasteiger charge is -2.36. The molecule has 4 fully saturated rings. The van der Waals surface area contributed by atoms with Gasteiger partial charge in [-0.2, -0.15) is 0 Å². The van der Waals surface area contributed by atoms with E-state index in [1.807, 2.05) is 19.2 Å². The van der Waals surface area contributed by atoms with Crippen LogP contribution in [0.3, 0.4) is 0 Å². The summed E-state index contributed by atoms with van der Waals surface area (Å²) in [6.07, 6.45) is 8.44. The second-order valence-corrected chi connectivity index (χ2v) is 11.3. The maximum absolute atomic E-state index is 11.3. The number of hydrogen-bond donors (Lipinski definition) is 1. The van der Waals surface area contributed by atoms with Crippen LogP contribution in [0.2, 0.25) is 0 Å². The van der Waals surface area contributed by atoms with Crippen LogP contribution in [0.1, 0.15) is 54.4 Å². The number of ether oxygens (including phenoxy) is 1. The molecule has 0 radical (unpaired) electrons. The molecule has 3 aromatic rings. The molecule has 3 nitrogen and oxygen atoms in total. The van der Waals surface area contributed by atoms with E-state index >= 15 is 0 Å². The summed E-state index contributed by atoms with van der Waals surface area (Å²) in [5.74, 6) is 4.93. The zero-order chi connectivity index (χ0) is 22.3. The van der Waals surface area contributed by atoms with Gasteiger partial charge in [0.25, 0.3) is 0 Å². The second kappa shape index (κ2) is 6.85. The lowest BCUT2D eigenvalue weighted by Crippen LogP contribution is -2.28. The number of methoxy groups -OCH3 is 1. The third kappa shape index (κ3) is 2.84. The molecular weight excluding hydrogens is 408 g/mol. The molecule has 6 unspecified atom stereocenters. The van der Waals surface area contributed by atoms with Crippen LogP contribution in [-0.2, 0) is 5.41 Å². The monoisotopic (exact) mass is 438 g/mol. The maximum atomic E-state index is 11.3. The minimum absolute atomic E-state index is 0.273. The van der Waals surface area contributed by atoms with Crippen molar-refractivity contribution in [3.05, 3.63) is 65.7 Å². The lowest BCUT2D eigenvalue weighted by atomic mass is 9.69. The highest BCUT2D eigenvalue weighted by Gasteiger charge is 2.61. The summed E-state index contributed by atoms with van der Waals surface area (Å²) in [6, 6.07) is 18.5. The molecule has 0 heterocycles. The molecule has 0 aromatic heterocycles. The highest BCUT2D eigenvalue weighted by molar-refractivity contribution is 5.95. The fraction of sp³-hybridized carbons (Fsp3) is 0.433. The first-order valence-electron chi connectivity index (χ1n) is 12.5. The van der Waals surface area contributed by atoms with E-state index in [0.717, 1.165) is 46.1 Å². The van der Waals surface area contributed by atoms with Crippen LogP contribution in [-0.4, -0.2) is 18.2 Å². The fourth-order valence-electron chi connectivity index (χ4n) is 8.65. The van der Waals surface area contributed by atoms with Crippen molar-refractivity contribution in [3.8, 4) is 16.9 Å². The van der Waals surface area contributed by atoms with E-state index in [1.165, 1.54) is 55.2 Å². The van der Waals surface area contributed by atoms with Gasteiger partial charge in [0.05, 0.1) is 12.7 Å². The summed E-state index contributed by atoms with van der Waals surface area (Å²) in [5.41, 5.74) is 4.45. The van der Waals surface area contributed by atoms with Crippen molar-refractivity contribution in [2.75, 3.05) is 7.11 Å². The Bertz CT molecular complexity index is 1290. The van der Waals surface area contributed by atoms with Gasteiger partial charge in [-0.1, -0.05) is 24.3 Å². The third-order valence-corrected chi connectivity index (χ3v) is 9.76. The molecule has 7 rings (SSSR count). The molecular formula is C30H30O3. The third-order valence-electron chi connectivity index (χ3n) is 9.76. The quantitative estimate of drug-likeness (QED) is 0.480. The molecule has 4 aliphatic rings. The van der Waals surface area contributed by atoms with Gasteiger partial charge >= 0.3 is 5.97 Å². The van der Waals surface area contributed by atoms with Gasteiger partial charge in [-0.25, -0.2) is 4.79 Å². The van der Waals surface area contributed by atoms with Gasteiger partial charge in [0.1, 0.15) is 5.75 Å². The molecule has 4 saturated carbocycles. The Labute approximate surface area is 194 Å². The van der Waals surface area contributed by atoms with E-state index in [2.05, 4.69) is 30.3 Å². The summed E-state index contributed by atoms with van der Waals surface area (Å²) in [7, 11) is 1.82. The maximum Gasteiger partial charge on any atom is 0.335 e. The minimum Gasteiger partial charge on any atom is -0.496 e. The molecule has 6 atom stereocenters. The standard InChI is InChI=1S/C30H30O3/c1-33-28-7-6-21(19-2-3-20-11-22(29(31)32)5-4-18(20)10-19)13-27(28)30-14-17-8-23-12-24(15-30)26(16-30)25(23)9-17/h2-7,10-11,13,17,23-26H,8-9,12,14-16H2,1H3,(H,31,32). The van der Waals surface area contributed by atoms with Gasteiger partial charge in [0.2, 0.25) is 0 Å². The van der Waals surface area contributed by atoms with E-state index in [-0.39, 0.29) is 5.41 Å². The molecule has 3 heteroatoms. The SMILES string of the molecule is COc1ccc(-c2ccc3cc(C(=O)O)ccc3c2)cc1C12CC3CC4CC(C1)C(C2)C4C3. The predicted octanol–water partition coefficient (Wildman–Crippen LogP) is 6.93. The van der Waals surface area contributed by atoms with Gasteiger partial charge < -0.3 is 9.84 Å². The fourth-order valence-corrected chi connectivity index (χ4v) is 8.65. The lowest BCUT2D eigenvalue weighted by molar-refractivity contribution is 0.0697. The number of rotatable bonds is 4. The van der Waals surface area contributed by atoms with E-state index in [0.29, 0.717) is 5.56 Å². The molecule has 0 aliphatic heterocycles. The average molecular weight is 439 g/mol. The van der Waals surface area contributed by atoms with Crippen LogP contribution >= 0.6 is 0 Å². The van der Waals surface area contributed by atoms with Crippen molar-refractivity contribution in [3.63, 3.8) is 0 Å². The van der Waals surface area contributed by atoms with Crippen molar-refractivity contribution >= 4 is 16.7 Å². The number of benzene rings is 3. The molecule has 168 valence electrons. The summed E-state index contributed by atoms with van der Waals surface area (Å²) in [6.45, 7) is 0. The number of carboxylic acid groups (broad SMARTS) is 1. The predicted molar refractivity (Wildman–Crippen MR) is 130 cm³/mol. The Morgan fingerprint density at radius 1 is 0.848 bits per heavy atom. The molecule has 33 heavy (non-hydrogen) atoms. The van der Waals surface area contributed by atoms with E-state index in [1.54, 1.807) is 12.1 Å². The Morgan fingerprint density at radius 3 is 2.48 bits per heavy atom. The Balaban J connectivity index is 1.31. The van der Waals surface area contributed by atoms with Crippen LogP contribution in [0, 0.1) is 29.6 Å². The van der Waals surface area contributed by atoms with Gasteiger partial charge in [-0.3, -0.25) is 0 Å². The first-order chi connectivity index (χ1) is 16.0. The Hall–Kier alpha value is -2.81. The number of hydrogen-bond acceptors (Lipinski definition) is 2. The molecule has 4 bridgehead atoms. The Morgan fingerprint density at radius 2 is 1.64 bits per heavy atom. The number of carboxylic acids is 1. The zero-order valence-electron chi connectivity index (χ0n) is 19.1. The van der Waals surface area contributed by atoms with Crippen molar-refractivity contribution in [1.82, 2.24) is 0 Å². The molecule has 4 aliphatic carbocycles. The summed E-state index contributed by atoms with van der Waals surface area (Å²) in [5, 5.41) is 11.3. The van der Waals surface area contributed by atoms with Crippen molar-refractivity contribution in [1.29, 1.82) is 0 Å². The van der Waals surface area contributed by atoms with Crippen LogP contribution in [0.25, 0.3) is 21.9 Å². The summed E-state index contributed by atoms with van der Waals surface area (Å²) in [4.78, 5) is 11.3. The topological polar surface area (TPSA) is 46.5 Å². The zero-order valence-corrected chi connectivity index (χ0v) is 19.1. The number of fused-ring (bicyclic) bond motifs is 3. The van der Waals surface area contributed by atoms with Crippen LogP contribution < -0.4 is 4.74 Å². The average Bonchev–Trinajstić information content (AvgIpc) is 3.44. The summed E-state index contributed by atoms with van der Waals surface area (Å²) < 4.78 is 5.95. The van der Waals surface area contributed by atoms with E-state index < -0.39 is 5.97 Å². The van der Waals surface area contributed by atoms with Crippen molar-refractivity contribution in [2.45, 2.75) is 43.9 Å². The van der Waals surface area contributed by atoms with Crippen LogP contribution in [0.5, 0.6) is 5.75 Å².